The summed E-state index contributed by atoms with van der Waals surface area (Å²) in [7, 11) is -3.64. The number of benzene rings is 1. The maximum absolute atomic E-state index is 11.8. The summed E-state index contributed by atoms with van der Waals surface area (Å²) in [5.41, 5.74) is 5.67. The first-order chi connectivity index (χ1) is 7.34. The van der Waals surface area contributed by atoms with Crippen LogP contribution in [0.3, 0.4) is 0 Å². The van der Waals surface area contributed by atoms with E-state index >= 15 is 0 Å². The van der Waals surface area contributed by atoms with Crippen LogP contribution >= 0.6 is 0 Å². The van der Waals surface area contributed by atoms with Crippen LogP contribution < -0.4 is 5.73 Å². The summed E-state index contributed by atoms with van der Waals surface area (Å²) >= 11 is 0. The van der Waals surface area contributed by atoms with Crippen molar-refractivity contribution in [2.75, 3.05) is 11.5 Å². The van der Waals surface area contributed by atoms with E-state index < -0.39 is 27.5 Å². The molecule has 0 unspecified atom stereocenters. The number of nitrogens with two attached hydrogens (primary N) is 1. The largest absolute Gasteiger partial charge is 0.481 e. The van der Waals surface area contributed by atoms with E-state index in [1.54, 1.807) is 12.1 Å². The fourth-order valence-corrected chi connectivity index (χ4v) is 2.95. The highest BCUT2D eigenvalue weighted by Crippen LogP contribution is 2.20. The molecule has 0 aliphatic carbocycles. The SMILES string of the molecule is C[C@@H](CS(=O)(=O)c1ccccc1N)C(=O)O. The highest BCUT2D eigenvalue weighted by molar-refractivity contribution is 7.91. The van der Waals surface area contributed by atoms with Crippen molar-refractivity contribution < 1.29 is 18.3 Å². The molecule has 0 aliphatic rings. The van der Waals surface area contributed by atoms with E-state index in [-0.39, 0.29) is 10.6 Å². The maximum Gasteiger partial charge on any atom is 0.307 e. The van der Waals surface area contributed by atoms with Gasteiger partial charge in [-0.25, -0.2) is 8.42 Å². The van der Waals surface area contributed by atoms with Gasteiger partial charge in [-0.2, -0.15) is 0 Å². The number of anilines is 1. The van der Waals surface area contributed by atoms with Crippen molar-refractivity contribution in [3.8, 4) is 0 Å². The Bertz CT molecular complexity index is 495. The molecule has 88 valence electrons. The van der Waals surface area contributed by atoms with Gasteiger partial charge in [0.2, 0.25) is 0 Å². The van der Waals surface area contributed by atoms with Gasteiger partial charge in [-0.3, -0.25) is 4.79 Å². The number of para-hydroxylation sites is 1. The number of hydrogen-bond acceptors (Lipinski definition) is 4. The zero-order valence-corrected chi connectivity index (χ0v) is 9.57. The lowest BCUT2D eigenvalue weighted by Crippen LogP contribution is -2.21. The molecule has 0 radical (unpaired) electrons. The molecule has 1 aromatic rings. The summed E-state index contributed by atoms with van der Waals surface area (Å²) in [6.45, 7) is 1.35. The van der Waals surface area contributed by atoms with Gasteiger partial charge in [0.1, 0.15) is 0 Å². The van der Waals surface area contributed by atoms with Crippen molar-refractivity contribution in [3.05, 3.63) is 24.3 Å². The number of rotatable bonds is 4. The molecule has 0 amide bonds. The van der Waals surface area contributed by atoms with Crippen LogP contribution in [0.2, 0.25) is 0 Å². The predicted molar refractivity (Wildman–Crippen MR) is 59.7 cm³/mol. The maximum atomic E-state index is 11.8. The smallest absolute Gasteiger partial charge is 0.307 e. The Labute approximate surface area is 93.8 Å². The third kappa shape index (κ3) is 2.73. The van der Waals surface area contributed by atoms with Gasteiger partial charge in [-0.1, -0.05) is 19.1 Å². The molecule has 6 heteroatoms. The van der Waals surface area contributed by atoms with Gasteiger partial charge >= 0.3 is 5.97 Å². The van der Waals surface area contributed by atoms with Crippen LogP contribution in [0.1, 0.15) is 6.92 Å². The lowest BCUT2D eigenvalue weighted by atomic mass is 10.2. The summed E-state index contributed by atoms with van der Waals surface area (Å²) in [6, 6.07) is 6.02. The van der Waals surface area contributed by atoms with E-state index in [1.165, 1.54) is 19.1 Å². The van der Waals surface area contributed by atoms with Crippen LogP contribution in [-0.2, 0) is 14.6 Å². The molecule has 5 nitrogen and oxygen atoms in total. The third-order valence-electron chi connectivity index (χ3n) is 2.15. The van der Waals surface area contributed by atoms with E-state index in [2.05, 4.69) is 0 Å². The van der Waals surface area contributed by atoms with Crippen molar-refractivity contribution in [2.24, 2.45) is 5.92 Å². The molecule has 1 atom stereocenters. The van der Waals surface area contributed by atoms with Gasteiger partial charge in [0.15, 0.2) is 9.84 Å². The lowest BCUT2D eigenvalue weighted by molar-refractivity contribution is -0.140. The van der Waals surface area contributed by atoms with Crippen LogP contribution in [0, 0.1) is 5.92 Å². The molecule has 0 bridgehead atoms. The molecule has 3 N–H and O–H groups in total. The first kappa shape index (κ1) is 12.5. The van der Waals surface area contributed by atoms with Gasteiger partial charge in [-0.15, -0.1) is 0 Å². The van der Waals surface area contributed by atoms with E-state index in [0.717, 1.165) is 0 Å². The molecule has 0 saturated heterocycles. The molecule has 0 aromatic heterocycles. The number of carbonyl (C=O) groups is 1. The minimum atomic E-state index is -3.64. The molecular formula is C10H13NO4S. The zero-order valence-electron chi connectivity index (χ0n) is 8.75. The minimum Gasteiger partial charge on any atom is -0.481 e. The van der Waals surface area contributed by atoms with Crippen LogP contribution in [0.25, 0.3) is 0 Å². The highest BCUT2D eigenvalue weighted by atomic mass is 32.2. The molecule has 0 heterocycles. The summed E-state index contributed by atoms with van der Waals surface area (Å²) in [5, 5.41) is 8.67. The number of carboxylic acid groups (broad SMARTS) is 1. The Balaban J connectivity index is 3.04. The van der Waals surface area contributed by atoms with Crippen LogP contribution in [0.4, 0.5) is 5.69 Å². The van der Waals surface area contributed by atoms with Gasteiger partial charge in [0.05, 0.1) is 22.3 Å². The molecule has 0 fully saturated rings. The molecule has 1 rings (SSSR count). The normalized spacial score (nSPS) is 13.3. The summed E-state index contributed by atoms with van der Waals surface area (Å²) in [6.07, 6.45) is 0. The second kappa shape index (κ2) is 4.52. The van der Waals surface area contributed by atoms with Crippen LogP contribution in [0.5, 0.6) is 0 Å². The summed E-state index contributed by atoms with van der Waals surface area (Å²) < 4.78 is 23.6. The first-order valence-corrected chi connectivity index (χ1v) is 6.30. The Morgan fingerprint density at radius 1 is 1.44 bits per heavy atom. The molecule has 1 aromatic carbocycles. The van der Waals surface area contributed by atoms with Crippen LogP contribution in [0.15, 0.2) is 29.2 Å². The fraction of sp³-hybridized carbons (Fsp3) is 0.300. The van der Waals surface area contributed by atoms with Crippen molar-refractivity contribution >= 4 is 21.5 Å². The van der Waals surface area contributed by atoms with Gasteiger partial charge < -0.3 is 10.8 Å². The Morgan fingerprint density at radius 2 is 2.00 bits per heavy atom. The second-order valence-electron chi connectivity index (χ2n) is 3.56. The Hall–Kier alpha value is -1.56. The van der Waals surface area contributed by atoms with Crippen molar-refractivity contribution in [2.45, 2.75) is 11.8 Å². The average molecular weight is 243 g/mol. The van der Waals surface area contributed by atoms with Gasteiger partial charge in [0, 0.05) is 0 Å². The number of sulfone groups is 1. The fourth-order valence-electron chi connectivity index (χ4n) is 1.25. The lowest BCUT2D eigenvalue weighted by Gasteiger charge is -2.09. The minimum absolute atomic E-state index is 0.0110. The second-order valence-corrected chi connectivity index (χ2v) is 5.56. The van der Waals surface area contributed by atoms with E-state index in [4.69, 9.17) is 10.8 Å². The molecule has 0 saturated carbocycles. The topological polar surface area (TPSA) is 97.5 Å². The van der Waals surface area contributed by atoms with Crippen LogP contribution in [-0.4, -0.2) is 25.2 Å². The van der Waals surface area contributed by atoms with E-state index in [9.17, 15) is 13.2 Å². The average Bonchev–Trinajstić information content (AvgIpc) is 2.17. The van der Waals surface area contributed by atoms with Crippen molar-refractivity contribution in [1.29, 1.82) is 0 Å². The standard InChI is InChI=1S/C10H13NO4S/c1-7(10(12)13)6-16(14,15)9-5-3-2-4-8(9)11/h2-5,7H,6,11H2,1H3,(H,12,13)/t7-/m0/s1. The summed E-state index contributed by atoms with van der Waals surface area (Å²) in [5.74, 6) is -2.54. The van der Waals surface area contributed by atoms with Gasteiger partial charge in [0.25, 0.3) is 0 Å². The molecule has 0 spiro atoms. The van der Waals surface area contributed by atoms with E-state index in [1.807, 2.05) is 0 Å². The monoisotopic (exact) mass is 243 g/mol. The number of hydrogen-bond donors (Lipinski definition) is 2. The van der Waals surface area contributed by atoms with Crippen molar-refractivity contribution in [3.63, 3.8) is 0 Å². The third-order valence-corrected chi connectivity index (χ3v) is 4.13. The van der Waals surface area contributed by atoms with Gasteiger partial charge in [-0.05, 0) is 12.1 Å². The van der Waals surface area contributed by atoms with E-state index in [0.29, 0.717) is 0 Å². The highest BCUT2D eigenvalue weighted by Gasteiger charge is 2.24. The number of nitrogen functional groups attached to an aromatic ring is 1. The predicted octanol–water partition coefficient (Wildman–Crippen LogP) is 0.763. The van der Waals surface area contributed by atoms with Crippen molar-refractivity contribution in [1.82, 2.24) is 0 Å². The summed E-state index contributed by atoms with van der Waals surface area (Å²) in [4.78, 5) is 10.6. The number of carboxylic acids is 1. The molecule has 0 aliphatic heterocycles. The quantitative estimate of drug-likeness (QED) is 0.761. The first-order valence-electron chi connectivity index (χ1n) is 4.64. The number of aliphatic carboxylic acids is 1. The zero-order chi connectivity index (χ0) is 12.3. The molecular weight excluding hydrogens is 230 g/mol. The Kier molecular flexibility index (Phi) is 3.54. The Morgan fingerprint density at radius 3 is 2.50 bits per heavy atom. The molecule has 16 heavy (non-hydrogen) atoms.